The number of benzene rings is 1. The van der Waals surface area contributed by atoms with Gasteiger partial charge in [0.25, 0.3) is 0 Å². The Bertz CT molecular complexity index is 463. The lowest BCUT2D eigenvalue weighted by atomic mass is 9.78. The van der Waals surface area contributed by atoms with Crippen LogP contribution >= 0.6 is 0 Å². The molecule has 0 N–H and O–H groups in total. The summed E-state index contributed by atoms with van der Waals surface area (Å²) in [4.78, 5) is 0. The third kappa shape index (κ3) is 6.35. The maximum Gasteiger partial charge on any atom is 0.0717 e. The molecular formula is C22H32O. The van der Waals surface area contributed by atoms with Gasteiger partial charge < -0.3 is 4.74 Å². The summed E-state index contributed by atoms with van der Waals surface area (Å²) in [7, 11) is 0. The highest BCUT2D eigenvalue weighted by molar-refractivity contribution is 5.25. The maximum atomic E-state index is 5.63. The Morgan fingerprint density at radius 1 is 1.09 bits per heavy atom. The van der Waals surface area contributed by atoms with E-state index < -0.39 is 0 Å². The van der Waals surface area contributed by atoms with Gasteiger partial charge in [-0.05, 0) is 61.5 Å². The molecule has 126 valence electrons. The van der Waals surface area contributed by atoms with Crippen LogP contribution in [0.25, 0.3) is 0 Å². The van der Waals surface area contributed by atoms with Gasteiger partial charge in [0.05, 0.1) is 13.2 Å². The summed E-state index contributed by atoms with van der Waals surface area (Å²) in [6.45, 7) is 7.43. The van der Waals surface area contributed by atoms with Crippen LogP contribution in [-0.4, -0.2) is 6.61 Å². The van der Waals surface area contributed by atoms with Gasteiger partial charge in [0.1, 0.15) is 0 Å². The Balaban J connectivity index is 1.76. The first-order chi connectivity index (χ1) is 11.3. The molecule has 0 amide bonds. The second-order valence-corrected chi connectivity index (χ2v) is 6.70. The fraction of sp³-hybridized carbons (Fsp3) is 0.545. The largest absolute Gasteiger partial charge is 0.376 e. The predicted octanol–water partition coefficient (Wildman–Crippen LogP) is 6.41. The van der Waals surface area contributed by atoms with Crippen LogP contribution in [0.3, 0.4) is 0 Å². The third-order valence-electron chi connectivity index (χ3n) is 4.82. The molecule has 23 heavy (non-hydrogen) atoms. The zero-order chi connectivity index (χ0) is 16.3. The van der Waals surface area contributed by atoms with E-state index >= 15 is 0 Å². The van der Waals surface area contributed by atoms with Crippen LogP contribution < -0.4 is 0 Å². The molecule has 1 aromatic carbocycles. The molecule has 0 unspecified atom stereocenters. The number of hydrogen-bond acceptors (Lipinski definition) is 1. The molecule has 0 aromatic heterocycles. The fourth-order valence-corrected chi connectivity index (χ4v) is 3.34. The first-order valence-corrected chi connectivity index (χ1v) is 9.27. The Kier molecular flexibility index (Phi) is 8.17. The summed E-state index contributed by atoms with van der Waals surface area (Å²) in [5, 5.41) is 0. The molecule has 0 spiro atoms. The summed E-state index contributed by atoms with van der Waals surface area (Å²) >= 11 is 0. The Morgan fingerprint density at radius 2 is 1.83 bits per heavy atom. The summed E-state index contributed by atoms with van der Waals surface area (Å²) in [6.07, 6.45) is 15.5. The van der Waals surface area contributed by atoms with Crippen molar-refractivity contribution in [3.63, 3.8) is 0 Å². The normalized spacial score (nSPS) is 21.6. The molecule has 0 radical (unpaired) electrons. The van der Waals surface area contributed by atoms with Gasteiger partial charge in [-0.25, -0.2) is 0 Å². The highest BCUT2D eigenvalue weighted by Crippen LogP contribution is 2.36. The van der Waals surface area contributed by atoms with Crippen molar-refractivity contribution >= 4 is 0 Å². The molecule has 0 saturated heterocycles. The van der Waals surface area contributed by atoms with Crippen LogP contribution in [0.5, 0.6) is 0 Å². The second-order valence-electron chi connectivity index (χ2n) is 6.70. The van der Waals surface area contributed by atoms with Gasteiger partial charge in [-0.3, -0.25) is 0 Å². The van der Waals surface area contributed by atoms with E-state index in [-0.39, 0.29) is 0 Å². The predicted molar refractivity (Wildman–Crippen MR) is 99.7 cm³/mol. The van der Waals surface area contributed by atoms with E-state index in [9.17, 15) is 0 Å². The number of ether oxygens (including phenoxy) is 1. The summed E-state index contributed by atoms with van der Waals surface area (Å²) < 4.78 is 5.63. The summed E-state index contributed by atoms with van der Waals surface area (Å²) in [5.41, 5.74) is 2.78. The monoisotopic (exact) mass is 312 g/mol. The number of unbranched alkanes of at least 4 members (excludes halogenated alkanes) is 1. The van der Waals surface area contributed by atoms with E-state index in [1.165, 1.54) is 49.7 Å². The van der Waals surface area contributed by atoms with Gasteiger partial charge in [0.2, 0.25) is 0 Å². The number of hydrogen-bond donors (Lipinski definition) is 0. The van der Waals surface area contributed by atoms with Crippen LogP contribution in [0.15, 0.2) is 49.1 Å². The fourth-order valence-electron chi connectivity index (χ4n) is 3.34. The van der Waals surface area contributed by atoms with Crippen LogP contribution in [0.4, 0.5) is 0 Å². The average molecular weight is 312 g/mol. The zero-order valence-electron chi connectivity index (χ0n) is 14.7. The first kappa shape index (κ1) is 18.0. The van der Waals surface area contributed by atoms with E-state index in [4.69, 9.17) is 4.74 Å². The van der Waals surface area contributed by atoms with Crippen molar-refractivity contribution in [2.75, 3.05) is 6.61 Å². The smallest absolute Gasteiger partial charge is 0.0717 e. The maximum absolute atomic E-state index is 5.63. The van der Waals surface area contributed by atoms with Crippen molar-refractivity contribution in [2.24, 2.45) is 5.92 Å². The van der Waals surface area contributed by atoms with Crippen molar-refractivity contribution in [1.82, 2.24) is 0 Å². The SMILES string of the molecule is C=CCCOCc1ccc([C@H]2CC[C@H](C=CCCC)CC2)cc1. The molecule has 1 saturated carbocycles. The average Bonchev–Trinajstić information content (AvgIpc) is 2.60. The van der Waals surface area contributed by atoms with Gasteiger partial charge in [-0.1, -0.05) is 55.8 Å². The van der Waals surface area contributed by atoms with E-state index in [2.05, 4.69) is 49.9 Å². The zero-order valence-corrected chi connectivity index (χ0v) is 14.7. The molecule has 1 fully saturated rings. The molecule has 0 atom stereocenters. The van der Waals surface area contributed by atoms with Crippen molar-refractivity contribution < 1.29 is 4.74 Å². The molecule has 1 aliphatic rings. The number of rotatable bonds is 9. The molecule has 1 heteroatoms. The van der Waals surface area contributed by atoms with E-state index in [1.807, 2.05) is 6.08 Å². The minimum atomic E-state index is 0.711. The van der Waals surface area contributed by atoms with Gasteiger partial charge in [0, 0.05) is 0 Å². The van der Waals surface area contributed by atoms with Crippen LogP contribution in [0, 0.1) is 5.92 Å². The van der Waals surface area contributed by atoms with Crippen molar-refractivity contribution in [1.29, 1.82) is 0 Å². The lowest BCUT2D eigenvalue weighted by Crippen LogP contribution is -2.11. The summed E-state index contributed by atoms with van der Waals surface area (Å²) in [5.74, 6) is 1.57. The van der Waals surface area contributed by atoms with Gasteiger partial charge in [-0.15, -0.1) is 6.58 Å². The van der Waals surface area contributed by atoms with Gasteiger partial charge in [0.15, 0.2) is 0 Å². The van der Waals surface area contributed by atoms with Crippen LogP contribution in [0.1, 0.15) is 68.9 Å². The second kappa shape index (κ2) is 10.4. The molecule has 0 bridgehead atoms. The highest BCUT2D eigenvalue weighted by Gasteiger charge is 2.20. The number of allylic oxidation sites excluding steroid dienone is 2. The quantitative estimate of drug-likeness (QED) is 0.378. The molecule has 1 aromatic rings. The lowest BCUT2D eigenvalue weighted by molar-refractivity contribution is 0.125. The topological polar surface area (TPSA) is 9.23 Å². The molecule has 0 aliphatic heterocycles. The Labute approximate surface area is 142 Å². The molecule has 1 aliphatic carbocycles. The molecule has 1 nitrogen and oxygen atoms in total. The Hall–Kier alpha value is -1.34. The molecular weight excluding hydrogens is 280 g/mol. The van der Waals surface area contributed by atoms with E-state index in [0.29, 0.717) is 6.61 Å². The van der Waals surface area contributed by atoms with E-state index in [1.54, 1.807) is 0 Å². The first-order valence-electron chi connectivity index (χ1n) is 9.27. The minimum absolute atomic E-state index is 0.711. The lowest BCUT2D eigenvalue weighted by Gasteiger charge is -2.27. The molecule has 0 heterocycles. The van der Waals surface area contributed by atoms with Gasteiger partial charge in [-0.2, -0.15) is 0 Å². The minimum Gasteiger partial charge on any atom is -0.376 e. The standard InChI is InChI=1S/C22H32O/c1-3-5-7-8-19-9-13-21(14-10-19)22-15-11-20(12-16-22)18-23-17-6-4-2/h4,7-8,11-12,15-16,19,21H,2-3,5-6,9-10,13-14,17-18H2,1H3/t19-,21-. The Morgan fingerprint density at radius 3 is 2.48 bits per heavy atom. The van der Waals surface area contributed by atoms with Crippen molar-refractivity contribution in [3.8, 4) is 0 Å². The van der Waals surface area contributed by atoms with Crippen molar-refractivity contribution in [2.45, 2.75) is 64.4 Å². The van der Waals surface area contributed by atoms with Crippen LogP contribution in [-0.2, 0) is 11.3 Å². The third-order valence-corrected chi connectivity index (χ3v) is 4.82. The summed E-state index contributed by atoms with van der Waals surface area (Å²) in [6, 6.07) is 9.08. The van der Waals surface area contributed by atoms with Crippen LogP contribution in [0.2, 0.25) is 0 Å². The van der Waals surface area contributed by atoms with E-state index in [0.717, 1.165) is 24.9 Å². The van der Waals surface area contributed by atoms with Gasteiger partial charge >= 0.3 is 0 Å². The molecule has 2 rings (SSSR count). The van der Waals surface area contributed by atoms with Crippen molar-refractivity contribution in [3.05, 3.63) is 60.2 Å². The highest BCUT2D eigenvalue weighted by atomic mass is 16.5.